The fourth-order valence-corrected chi connectivity index (χ4v) is 1.99. The van der Waals surface area contributed by atoms with E-state index in [2.05, 4.69) is 0 Å². The zero-order valence-corrected chi connectivity index (χ0v) is 12.3. The SMILES string of the molecule is CC(C)=CCOc1c(C)c(/C=C\C(=O)O)cc2ccoc12. The van der Waals surface area contributed by atoms with E-state index >= 15 is 0 Å². The molecule has 0 saturated carbocycles. The van der Waals surface area contributed by atoms with Crippen LogP contribution in [0.5, 0.6) is 5.75 Å². The van der Waals surface area contributed by atoms with E-state index in [0.717, 1.165) is 22.6 Å². The van der Waals surface area contributed by atoms with E-state index in [-0.39, 0.29) is 0 Å². The van der Waals surface area contributed by atoms with Crippen LogP contribution in [-0.2, 0) is 4.79 Å². The Morgan fingerprint density at radius 2 is 2.19 bits per heavy atom. The Morgan fingerprint density at radius 3 is 2.86 bits per heavy atom. The molecule has 0 spiro atoms. The van der Waals surface area contributed by atoms with Crippen LogP contribution in [0.25, 0.3) is 17.0 Å². The van der Waals surface area contributed by atoms with Crippen LogP contribution in [0.2, 0.25) is 0 Å². The van der Waals surface area contributed by atoms with Crippen molar-refractivity contribution in [2.24, 2.45) is 0 Å². The molecule has 0 amide bonds. The third-order valence-corrected chi connectivity index (χ3v) is 3.11. The number of carbonyl (C=O) groups is 1. The minimum Gasteiger partial charge on any atom is -0.485 e. The van der Waals surface area contributed by atoms with Gasteiger partial charge in [0.1, 0.15) is 6.61 Å². The third-order valence-electron chi connectivity index (χ3n) is 3.11. The highest BCUT2D eigenvalue weighted by Crippen LogP contribution is 2.33. The summed E-state index contributed by atoms with van der Waals surface area (Å²) in [7, 11) is 0. The summed E-state index contributed by atoms with van der Waals surface area (Å²) < 4.78 is 11.3. The van der Waals surface area contributed by atoms with Gasteiger partial charge in [-0.05, 0) is 50.6 Å². The molecule has 0 saturated heterocycles. The molecule has 0 unspecified atom stereocenters. The molecule has 1 N–H and O–H groups in total. The van der Waals surface area contributed by atoms with Gasteiger partial charge in [0, 0.05) is 17.0 Å². The molecule has 110 valence electrons. The molecule has 1 heterocycles. The molecule has 1 aromatic carbocycles. The Bertz CT molecular complexity index is 716. The van der Waals surface area contributed by atoms with Gasteiger partial charge in [-0.15, -0.1) is 0 Å². The number of carboxylic acid groups (broad SMARTS) is 1. The minimum absolute atomic E-state index is 0.449. The maximum Gasteiger partial charge on any atom is 0.328 e. The van der Waals surface area contributed by atoms with Crippen molar-refractivity contribution in [3.63, 3.8) is 0 Å². The van der Waals surface area contributed by atoms with Crippen molar-refractivity contribution in [2.45, 2.75) is 20.8 Å². The number of hydrogen-bond donors (Lipinski definition) is 1. The van der Waals surface area contributed by atoms with E-state index in [1.54, 1.807) is 12.3 Å². The maximum absolute atomic E-state index is 10.7. The van der Waals surface area contributed by atoms with Crippen LogP contribution >= 0.6 is 0 Å². The molecular weight excluding hydrogens is 268 g/mol. The summed E-state index contributed by atoms with van der Waals surface area (Å²) >= 11 is 0. The van der Waals surface area contributed by atoms with Gasteiger partial charge < -0.3 is 14.3 Å². The van der Waals surface area contributed by atoms with Crippen LogP contribution in [0.4, 0.5) is 0 Å². The first-order chi connectivity index (χ1) is 9.99. The number of carboxylic acids is 1. The maximum atomic E-state index is 10.7. The first-order valence-corrected chi connectivity index (χ1v) is 6.67. The van der Waals surface area contributed by atoms with Crippen molar-refractivity contribution in [3.05, 3.63) is 47.2 Å². The van der Waals surface area contributed by atoms with Gasteiger partial charge in [0.25, 0.3) is 0 Å². The van der Waals surface area contributed by atoms with Gasteiger partial charge >= 0.3 is 5.97 Å². The fraction of sp³-hybridized carbons (Fsp3) is 0.235. The largest absolute Gasteiger partial charge is 0.485 e. The summed E-state index contributed by atoms with van der Waals surface area (Å²) in [5, 5.41) is 9.65. The van der Waals surface area contributed by atoms with Gasteiger partial charge in [-0.2, -0.15) is 0 Å². The lowest BCUT2D eigenvalue weighted by Crippen LogP contribution is -1.98. The number of hydrogen-bond acceptors (Lipinski definition) is 3. The average Bonchev–Trinajstić information content (AvgIpc) is 2.86. The van der Waals surface area contributed by atoms with Gasteiger partial charge in [-0.25, -0.2) is 4.79 Å². The van der Waals surface area contributed by atoms with E-state index in [1.165, 1.54) is 5.57 Å². The molecule has 2 aromatic rings. The molecule has 0 aliphatic carbocycles. The molecule has 4 heteroatoms. The first kappa shape index (κ1) is 14.9. The van der Waals surface area contributed by atoms with Crippen LogP contribution in [0.15, 0.2) is 40.5 Å². The van der Waals surface area contributed by atoms with Crippen LogP contribution in [0, 0.1) is 6.92 Å². The van der Waals surface area contributed by atoms with Crippen LogP contribution in [-0.4, -0.2) is 17.7 Å². The Morgan fingerprint density at radius 1 is 1.43 bits per heavy atom. The zero-order valence-electron chi connectivity index (χ0n) is 12.3. The number of benzene rings is 1. The molecule has 0 aliphatic heterocycles. The van der Waals surface area contributed by atoms with Crippen LogP contribution < -0.4 is 4.74 Å². The number of fused-ring (bicyclic) bond motifs is 1. The number of aliphatic carboxylic acids is 1. The summed E-state index contributed by atoms with van der Waals surface area (Å²) in [6.07, 6.45) is 6.27. The fourth-order valence-electron chi connectivity index (χ4n) is 1.99. The highest BCUT2D eigenvalue weighted by molar-refractivity contribution is 5.91. The normalized spacial score (nSPS) is 11.0. The summed E-state index contributed by atoms with van der Waals surface area (Å²) in [5.74, 6) is -0.325. The molecule has 0 radical (unpaired) electrons. The zero-order chi connectivity index (χ0) is 15.4. The van der Waals surface area contributed by atoms with Crippen molar-refractivity contribution in [3.8, 4) is 5.75 Å². The van der Waals surface area contributed by atoms with E-state index in [9.17, 15) is 4.79 Å². The molecule has 2 rings (SSSR count). The second-order valence-corrected chi connectivity index (χ2v) is 5.02. The molecular formula is C17H18O4. The molecule has 0 atom stereocenters. The number of rotatable bonds is 5. The predicted molar refractivity (Wildman–Crippen MR) is 82.5 cm³/mol. The Hall–Kier alpha value is -2.49. The molecule has 4 nitrogen and oxygen atoms in total. The molecule has 0 fully saturated rings. The van der Waals surface area contributed by atoms with Gasteiger partial charge in [0.05, 0.1) is 6.26 Å². The van der Waals surface area contributed by atoms with E-state index in [1.807, 2.05) is 39.0 Å². The lowest BCUT2D eigenvalue weighted by atomic mass is 10.0. The van der Waals surface area contributed by atoms with Crippen molar-refractivity contribution >= 4 is 23.0 Å². The smallest absolute Gasteiger partial charge is 0.328 e. The Labute approximate surface area is 123 Å². The van der Waals surface area contributed by atoms with Gasteiger partial charge in [0.2, 0.25) is 0 Å². The lowest BCUT2D eigenvalue weighted by molar-refractivity contribution is -0.131. The monoisotopic (exact) mass is 286 g/mol. The number of allylic oxidation sites excluding steroid dienone is 1. The van der Waals surface area contributed by atoms with Gasteiger partial charge in [-0.1, -0.05) is 5.57 Å². The number of ether oxygens (including phenoxy) is 1. The second-order valence-electron chi connectivity index (χ2n) is 5.02. The molecule has 0 bridgehead atoms. The molecule has 1 aromatic heterocycles. The van der Waals surface area contributed by atoms with Gasteiger partial charge in [-0.3, -0.25) is 0 Å². The van der Waals surface area contributed by atoms with E-state index in [4.69, 9.17) is 14.3 Å². The van der Waals surface area contributed by atoms with Crippen LogP contribution in [0.1, 0.15) is 25.0 Å². The van der Waals surface area contributed by atoms with Crippen molar-refractivity contribution in [1.82, 2.24) is 0 Å². The molecule has 21 heavy (non-hydrogen) atoms. The number of furan rings is 1. The summed E-state index contributed by atoms with van der Waals surface area (Å²) in [4.78, 5) is 10.7. The highest BCUT2D eigenvalue weighted by atomic mass is 16.5. The predicted octanol–water partition coefficient (Wildman–Crippen LogP) is 4.18. The van der Waals surface area contributed by atoms with Crippen molar-refractivity contribution in [1.29, 1.82) is 0 Å². The minimum atomic E-state index is -0.978. The van der Waals surface area contributed by atoms with Crippen molar-refractivity contribution in [2.75, 3.05) is 6.61 Å². The first-order valence-electron chi connectivity index (χ1n) is 6.67. The second kappa shape index (κ2) is 6.31. The van der Waals surface area contributed by atoms with Crippen molar-refractivity contribution < 1.29 is 19.1 Å². The highest BCUT2D eigenvalue weighted by Gasteiger charge is 2.12. The van der Waals surface area contributed by atoms with E-state index in [0.29, 0.717) is 17.9 Å². The topological polar surface area (TPSA) is 59.7 Å². The lowest BCUT2D eigenvalue weighted by Gasteiger charge is -2.11. The summed E-state index contributed by atoms with van der Waals surface area (Å²) in [6.45, 7) is 6.35. The summed E-state index contributed by atoms with van der Waals surface area (Å²) in [6, 6.07) is 3.72. The standard InChI is InChI=1S/C17H18O4/c1-11(2)6-8-20-16-12(3)13(4-5-15(18)19)10-14-7-9-21-17(14)16/h4-7,9-10H,8H2,1-3H3,(H,18,19)/b5-4-. The quantitative estimate of drug-likeness (QED) is 0.661. The van der Waals surface area contributed by atoms with Gasteiger partial charge in [0.15, 0.2) is 11.3 Å². The average molecular weight is 286 g/mol. The van der Waals surface area contributed by atoms with E-state index < -0.39 is 5.97 Å². The Kier molecular flexibility index (Phi) is 4.48. The van der Waals surface area contributed by atoms with Crippen LogP contribution in [0.3, 0.4) is 0 Å². The molecule has 0 aliphatic rings. The third kappa shape index (κ3) is 3.54. The Balaban J connectivity index is 2.45. The summed E-state index contributed by atoms with van der Waals surface area (Å²) in [5.41, 5.74) is 3.52.